The van der Waals surface area contributed by atoms with Crippen LogP contribution in [0.2, 0.25) is 0 Å². The molecule has 0 unspecified atom stereocenters. The molecule has 2 aromatic carbocycles. The maximum absolute atomic E-state index is 13.1. The summed E-state index contributed by atoms with van der Waals surface area (Å²) in [4.78, 5) is 17.8. The van der Waals surface area contributed by atoms with Gasteiger partial charge in [0.2, 0.25) is 0 Å². The molecule has 122 valence electrons. The number of ether oxygens (including phenoxy) is 1. The molecule has 0 spiro atoms. The van der Waals surface area contributed by atoms with Crippen molar-refractivity contribution in [1.29, 1.82) is 0 Å². The molecule has 1 aromatic heterocycles. The Morgan fingerprint density at radius 3 is 2.67 bits per heavy atom. The first kappa shape index (κ1) is 16.3. The molecule has 0 atom stereocenters. The average molecular weight is 338 g/mol. The van der Waals surface area contributed by atoms with Gasteiger partial charge in [-0.2, -0.15) is 0 Å². The van der Waals surface area contributed by atoms with Crippen LogP contribution >= 0.6 is 11.8 Å². The molecule has 3 aromatic rings. The molecule has 0 radical (unpaired) electrons. The van der Waals surface area contributed by atoms with E-state index >= 15 is 0 Å². The highest BCUT2D eigenvalue weighted by atomic mass is 32.2. The molecule has 0 aliphatic rings. The van der Waals surface area contributed by atoms with Crippen LogP contribution in [-0.2, 0) is 0 Å². The predicted molar refractivity (Wildman–Crippen MR) is 99.4 cm³/mol. The Balaban J connectivity index is 2.31. The fourth-order valence-electron chi connectivity index (χ4n) is 2.42. The van der Waals surface area contributed by atoms with Gasteiger partial charge in [0.05, 0.1) is 23.7 Å². The molecule has 5 heteroatoms. The summed E-state index contributed by atoms with van der Waals surface area (Å²) in [5.74, 6) is 1.33. The van der Waals surface area contributed by atoms with Crippen molar-refractivity contribution in [2.75, 3.05) is 12.9 Å². The maximum Gasteiger partial charge on any atom is 0.266 e. The lowest BCUT2D eigenvalue weighted by atomic mass is 10.2. The molecule has 24 heavy (non-hydrogen) atoms. The van der Waals surface area contributed by atoms with Crippen molar-refractivity contribution in [3.8, 4) is 11.4 Å². The second-order valence-corrected chi connectivity index (χ2v) is 6.41. The predicted octanol–water partition coefficient (Wildman–Crippen LogP) is 4.06. The zero-order valence-electron chi connectivity index (χ0n) is 13.7. The number of methoxy groups -OCH3 is 1. The lowest BCUT2D eigenvalue weighted by Crippen LogP contribution is -2.22. The normalized spacial score (nSPS) is 10.8. The van der Waals surface area contributed by atoms with E-state index in [0.717, 1.165) is 5.57 Å². The summed E-state index contributed by atoms with van der Waals surface area (Å²) in [6.07, 6.45) is 0. The van der Waals surface area contributed by atoms with Crippen LogP contribution in [0.4, 0.5) is 0 Å². The molecule has 0 amide bonds. The van der Waals surface area contributed by atoms with E-state index in [1.165, 1.54) is 11.8 Å². The van der Waals surface area contributed by atoms with Crippen LogP contribution in [0.1, 0.15) is 6.92 Å². The Labute approximate surface area is 144 Å². The van der Waals surface area contributed by atoms with E-state index < -0.39 is 0 Å². The molecule has 3 rings (SSSR count). The van der Waals surface area contributed by atoms with Crippen LogP contribution in [-0.4, -0.2) is 22.4 Å². The Hall–Kier alpha value is -2.53. The number of benzene rings is 2. The van der Waals surface area contributed by atoms with Crippen molar-refractivity contribution < 1.29 is 4.74 Å². The van der Waals surface area contributed by atoms with Gasteiger partial charge in [-0.3, -0.25) is 9.36 Å². The van der Waals surface area contributed by atoms with Gasteiger partial charge < -0.3 is 4.74 Å². The molecule has 0 N–H and O–H groups in total. The second kappa shape index (κ2) is 6.93. The quantitative estimate of drug-likeness (QED) is 0.400. The summed E-state index contributed by atoms with van der Waals surface area (Å²) in [6, 6.07) is 14.8. The third-order valence-corrected chi connectivity index (χ3v) is 4.69. The van der Waals surface area contributed by atoms with Gasteiger partial charge >= 0.3 is 0 Å². The number of nitrogens with zero attached hydrogens (tertiary/aromatic N) is 2. The first-order valence-electron chi connectivity index (χ1n) is 7.54. The van der Waals surface area contributed by atoms with Crippen molar-refractivity contribution >= 4 is 22.7 Å². The van der Waals surface area contributed by atoms with Gasteiger partial charge in [0.25, 0.3) is 5.56 Å². The van der Waals surface area contributed by atoms with E-state index in [4.69, 9.17) is 4.74 Å². The second-order valence-electron chi connectivity index (χ2n) is 5.47. The van der Waals surface area contributed by atoms with Crippen molar-refractivity contribution in [1.82, 2.24) is 9.55 Å². The lowest BCUT2D eigenvalue weighted by molar-refractivity contribution is 0.411. The van der Waals surface area contributed by atoms with Gasteiger partial charge in [-0.15, -0.1) is 0 Å². The van der Waals surface area contributed by atoms with Gasteiger partial charge in [0, 0.05) is 5.75 Å². The van der Waals surface area contributed by atoms with E-state index in [1.807, 2.05) is 49.4 Å². The molecule has 1 heterocycles. The van der Waals surface area contributed by atoms with Gasteiger partial charge in [0.15, 0.2) is 5.16 Å². The van der Waals surface area contributed by atoms with Crippen molar-refractivity contribution in [3.05, 3.63) is 71.0 Å². The highest BCUT2D eigenvalue weighted by Gasteiger charge is 2.15. The summed E-state index contributed by atoms with van der Waals surface area (Å²) in [5.41, 5.74) is 2.30. The summed E-state index contributed by atoms with van der Waals surface area (Å²) in [6.45, 7) is 5.89. The standard InChI is InChI=1S/C19H18N2O2S/c1-13(2)12-24-19-20-15-9-5-4-8-14(15)18(22)21(19)16-10-6-7-11-17(16)23-3/h4-11H,1,12H2,2-3H3. The van der Waals surface area contributed by atoms with Crippen LogP contribution in [0.5, 0.6) is 5.75 Å². The molecule has 4 nitrogen and oxygen atoms in total. The van der Waals surface area contributed by atoms with Crippen LogP contribution in [0.3, 0.4) is 0 Å². The van der Waals surface area contributed by atoms with E-state index in [0.29, 0.717) is 33.2 Å². The van der Waals surface area contributed by atoms with E-state index in [1.54, 1.807) is 17.7 Å². The van der Waals surface area contributed by atoms with Crippen LogP contribution in [0, 0.1) is 0 Å². The van der Waals surface area contributed by atoms with Crippen LogP contribution in [0.15, 0.2) is 70.6 Å². The monoisotopic (exact) mass is 338 g/mol. The zero-order chi connectivity index (χ0) is 17.1. The average Bonchev–Trinajstić information content (AvgIpc) is 2.60. The maximum atomic E-state index is 13.1. The number of rotatable bonds is 5. The number of aromatic nitrogens is 2. The zero-order valence-corrected chi connectivity index (χ0v) is 14.5. The summed E-state index contributed by atoms with van der Waals surface area (Å²) < 4.78 is 7.05. The van der Waals surface area contributed by atoms with Crippen molar-refractivity contribution in [3.63, 3.8) is 0 Å². The molecular weight excluding hydrogens is 320 g/mol. The smallest absolute Gasteiger partial charge is 0.266 e. The van der Waals surface area contributed by atoms with Crippen molar-refractivity contribution in [2.45, 2.75) is 12.1 Å². The Morgan fingerprint density at radius 2 is 1.92 bits per heavy atom. The summed E-state index contributed by atoms with van der Waals surface area (Å²) >= 11 is 1.49. The minimum atomic E-state index is -0.102. The van der Waals surface area contributed by atoms with Gasteiger partial charge in [-0.25, -0.2) is 4.98 Å². The van der Waals surface area contributed by atoms with E-state index in [9.17, 15) is 4.79 Å². The third-order valence-electron chi connectivity index (χ3n) is 3.52. The number of hydrogen-bond donors (Lipinski definition) is 0. The Bertz CT molecular complexity index is 963. The first-order valence-corrected chi connectivity index (χ1v) is 8.52. The minimum Gasteiger partial charge on any atom is -0.495 e. The van der Waals surface area contributed by atoms with E-state index in [2.05, 4.69) is 11.6 Å². The van der Waals surface area contributed by atoms with E-state index in [-0.39, 0.29) is 5.56 Å². The van der Waals surface area contributed by atoms with Crippen molar-refractivity contribution in [2.24, 2.45) is 0 Å². The highest BCUT2D eigenvalue weighted by molar-refractivity contribution is 7.99. The molecule has 0 saturated carbocycles. The van der Waals surface area contributed by atoms with Gasteiger partial charge in [0.1, 0.15) is 5.75 Å². The lowest BCUT2D eigenvalue weighted by Gasteiger charge is -2.15. The minimum absolute atomic E-state index is 0.102. The SMILES string of the molecule is C=C(C)CSc1nc2ccccc2c(=O)n1-c1ccccc1OC. The Morgan fingerprint density at radius 1 is 1.21 bits per heavy atom. The third kappa shape index (κ3) is 3.08. The fraction of sp³-hybridized carbons (Fsp3) is 0.158. The van der Waals surface area contributed by atoms with Crippen LogP contribution < -0.4 is 10.3 Å². The molecule has 0 aliphatic carbocycles. The molecule has 0 saturated heterocycles. The molecule has 0 aliphatic heterocycles. The Kier molecular flexibility index (Phi) is 4.71. The molecule has 0 fully saturated rings. The van der Waals surface area contributed by atoms with Gasteiger partial charge in [-0.05, 0) is 31.2 Å². The summed E-state index contributed by atoms with van der Waals surface area (Å²) in [7, 11) is 1.60. The largest absolute Gasteiger partial charge is 0.495 e. The fourth-order valence-corrected chi connectivity index (χ4v) is 3.27. The molecular formula is C19H18N2O2S. The summed E-state index contributed by atoms with van der Waals surface area (Å²) in [5, 5.41) is 1.22. The van der Waals surface area contributed by atoms with Gasteiger partial charge in [-0.1, -0.05) is 48.2 Å². The molecule has 0 bridgehead atoms. The first-order chi connectivity index (χ1) is 11.6. The number of thioether (sulfide) groups is 1. The topological polar surface area (TPSA) is 44.1 Å². The number of para-hydroxylation sites is 3. The van der Waals surface area contributed by atoms with Crippen LogP contribution in [0.25, 0.3) is 16.6 Å². The highest BCUT2D eigenvalue weighted by Crippen LogP contribution is 2.27. The number of fused-ring (bicyclic) bond motifs is 1. The number of hydrogen-bond acceptors (Lipinski definition) is 4.